The van der Waals surface area contributed by atoms with Gasteiger partial charge in [0.15, 0.2) is 0 Å². The van der Waals surface area contributed by atoms with Gasteiger partial charge < -0.3 is 0 Å². The zero-order valence-electron chi connectivity index (χ0n) is 12.7. The molecule has 0 radical (unpaired) electrons. The third-order valence-corrected chi connectivity index (χ3v) is 4.34. The molecule has 9 heteroatoms. The average Bonchev–Trinajstić information content (AvgIpc) is 2.54. The van der Waals surface area contributed by atoms with E-state index in [1.165, 1.54) is 30.3 Å². The molecule has 0 unspecified atom stereocenters. The van der Waals surface area contributed by atoms with Crippen LogP contribution in [0.1, 0.15) is 11.4 Å². The monoisotopic (exact) mass is 365 g/mol. The highest BCUT2D eigenvalue weighted by molar-refractivity contribution is 7.99. The summed E-state index contributed by atoms with van der Waals surface area (Å²) < 4.78 is 39.1. The minimum absolute atomic E-state index is 0.0938. The van der Waals surface area contributed by atoms with Crippen LogP contribution in [0.3, 0.4) is 0 Å². The van der Waals surface area contributed by atoms with Crippen molar-refractivity contribution in [3.63, 3.8) is 0 Å². The van der Waals surface area contributed by atoms with Gasteiger partial charge in [0.2, 0.25) is 5.82 Å². The van der Waals surface area contributed by atoms with Gasteiger partial charge in [0.1, 0.15) is 5.03 Å². The molecular weight excluding hydrogens is 355 g/mol. The number of hydrogen-bond donors (Lipinski definition) is 0. The molecule has 1 heterocycles. The first-order chi connectivity index (χ1) is 11.7. The summed E-state index contributed by atoms with van der Waals surface area (Å²) in [6.45, 7) is 1.82. The number of benzene rings is 2. The van der Waals surface area contributed by atoms with Crippen molar-refractivity contribution >= 4 is 28.4 Å². The minimum atomic E-state index is -4.66. The number of alkyl halides is 3. The second-order valence-corrected chi connectivity index (χ2v) is 6.29. The van der Waals surface area contributed by atoms with E-state index in [9.17, 15) is 23.3 Å². The minimum Gasteiger partial charge on any atom is -0.258 e. The van der Waals surface area contributed by atoms with Crippen molar-refractivity contribution in [1.29, 1.82) is 0 Å². The van der Waals surface area contributed by atoms with Gasteiger partial charge in [0.05, 0.1) is 10.4 Å². The van der Waals surface area contributed by atoms with Gasteiger partial charge in [-0.15, -0.1) is 0 Å². The van der Waals surface area contributed by atoms with Crippen molar-refractivity contribution in [2.75, 3.05) is 0 Å². The Labute approximate surface area is 144 Å². The summed E-state index contributed by atoms with van der Waals surface area (Å²) in [6, 6.07) is 10.4. The molecule has 0 atom stereocenters. The van der Waals surface area contributed by atoms with Crippen molar-refractivity contribution in [2.45, 2.75) is 23.0 Å². The smallest absolute Gasteiger partial charge is 0.258 e. The number of hydrogen-bond acceptors (Lipinski definition) is 5. The molecule has 2 aromatic carbocycles. The summed E-state index contributed by atoms with van der Waals surface area (Å²) in [6.07, 6.45) is -4.66. The van der Waals surface area contributed by atoms with Gasteiger partial charge in [-0.1, -0.05) is 23.4 Å². The van der Waals surface area contributed by atoms with E-state index in [0.717, 1.165) is 17.3 Å². The molecule has 0 spiro atoms. The van der Waals surface area contributed by atoms with Gasteiger partial charge in [0.25, 0.3) is 5.69 Å². The molecule has 0 aliphatic rings. The molecule has 128 valence electrons. The number of fused-ring (bicyclic) bond motifs is 1. The lowest BCUT2D eigenvalue weighted by Crippen LogP contribution is -2.11. The quantitative estimate of drug-likeness (QED) is 0.370. The summed E-state index contributed by atoms with van der Waals surface area (Å²) in [5.74, 6) is -1.21. The third-order valence-electron chi connectivity index (χ3n) is 3.33. The van der Waals surface area contributed by atoms with Crippen LogP contribution in [0.25, 0.3) is 10.9 Å². The molecule has 5 nitrogen and oxygen atoms in total. The Hall–Kier alpha value is -2.68. The predicted octanol–water partition coefficient (Wildman–Crippen LogP) is 5.02. The molecule has 0 N–H and O–H groups in total. The normalized spacial score (nSPS) is 11.7. The Balaban J connectivity index is 2.09. The van der Waals surface area contributed by atoms with Crippen LogP contribution in [0.5, 0.6) is 0 Å². The summed E-state index contributed by atoms with van der Waals surface area (Å²) in [7, 11) is 0. The number of halogens is 3. The van der Waals surface area contributed by atoms with E-state index in [2.05, 4.69) is 9.97 Å². The fraction of sp³-hybridized carbons (Fsp3) is 0.125. The predicted molar refractivity (Wildman–Crippen MR) is 86.5 cm³/mol. The fourth-order valence-corrected chi connectivity index (χ4v) is 3.07. The van der Waals surface area contributed by atoms with Crippen LogP contribution in [0.2, 0.25) is 0 Å². The lowest BCUT2D eigenvalue weighted by Gasteiger charge is -2.11. The van der Waals surface area contributed by atoms with Crippen LogP contribution in [0.4, 0.5) is 18.9 Å². The molecular formula is C16H10F3N3O2S. The largest absolute Gasteiger partial charge is 0.451 e. The van der Waals surface area contributed by atoms with Crippen LogP contribution >= 0.6 is 11.8 Å². The fourth-order valence-electron chi connectivity index (χ4n) is 2.17. The number of nitrogens with zero attached hydrogens (tertiary/aromatic N) is 3. The third kappa shape index (κ3) is 3.71. The molecule has 1 aromatic heterocycles. The van der Waals surface area contributed by atoms with Crippen LogP contribution in [-0.2, 0) is 6.18 Å². The molecule has 0 saturated carbocycles. The van der Waals surface area contributed by atoms with E-state index in [1.54, 1.807) is 12.1 Å². The highest BCUT2D eigenvalue weighted by Gasteiger charge is 2.35. The van der Waals surface area contributed by atoms with Crippen LogP contribution in [-0.4, -0.2) is 14.9 Å². The molecule has 0 aliphatic heterocycles. The SMILES string of the molecule is Cc1ccc2nc(C(F)(F)F)nc(Sc3ccc([N+](=O)[O-])cc3)c2c1. The lowest BCUT2D eigenvalue weighted by molar-refractivity contribution is -0.384. The molecule has 0 bridgehead atoms. The van der Waals surface area contributed by atoms with Gasteiger partial charge in [-0.3, -0.25) is 10.1 Å². The van der Waals surface area contributed by atoms with Gasteiger partial charge >= 0.3 is 6.18 Å². The first-order valence-corrected chi connectivity index (χ1v) is 7.83. The number of non-ortho nitro benzene ring substituents is 1. The van der Waals surface area contributed by atoms with Crippen molar-refractivity contribution in [1.82, 2.24) is 9.97 Å². The Morgan fingerprint density at radius 2 is 1.76 bits per heavy atom. The van der Waals surface area contributed by atoms with Crippen LogP contribution in [0, 0.1) is 17.0 Å². The zero-order valence-corrected chi connectivity index (χ0v) is 13.6. The number of nitro groups is 1. The first-order valence-electron chi connectivity index (χ1n) is 7.02. The van der Waals surface area contributed by atoms with E-state index in [4.69, 9.17) is 0 Å². The van der Waals surface area contributed by atoms with Crippen molar-refractivity contribution in [3.8, 4) is 0 Å². The second kappa shape index (κ2) is 6.32. The summed E-state index contributed by atoms with van der Waals surface area (Å²) in [4.78, 5) is 17.9. The van der Waals surface area contributed by atoms with Crippen molar-refractivity contribution in [2.24, 2.45) is 0 Å². The Morgan fingerprint density at radius 3 is 2.36 bits per heavy atom. The molecule has 3 aromatic rings. The first kappa shape index (κ1) is 17.2. The molecule has 3 rings (SSSR count). The van der Waals surface area contributed by atoms with Gasteiger partial charge in [-0.05, 0) is 31.2 Å². The topological polar surface area (TPSA) is 68.9 Å². The average molecular weight is 365 g/mol. The van der Waals surface area contributed by atoms with Crippen LogP contribution < -0.4 is 0 Å². The lowest BCUT2D eigenvalue weighted by atomic mass is 10.2. The van der Waals surface area contributed by atoms with Crippen LogP contribution in [0.15, 0.2) is 52.4 Å². The molecule has 0 saturated heterocycles. The highest BCUT2D eigenvalue weighted by atomic mass is 32.2. The van der Waals surface area contributed by atoms with Gasteiger partial charge in [-0.25, -0.2) is 9.97 Å². The summed E-state index contributed by atoms with van der Waals surface area (Å²) in [5.41, 5.74) is 0.961. The van der Waals surface area contributed by atoms with Crippen molar-refractivity contribution in [3.05, 3.63) is 64.0 Å². The number of nitro benzene ring substituents is 1. The zero-order chi connectivity index (χ0) is 18.2. The van der Waals surface area contributed by atoms with E-state index in [0.29, 0.717) is 10.3 Å². The Morgan fingerprint density at radius 1 is 1.08 bits per heavy atom. The van der Waals surface area contributed by atoms with E-state index in [-0.39, 0.29) is 16.2 Å². The summed E-state index contributed by atoms with van der Waals surface area (Å²) >= 11 is 1.00. The number of aromatic nitrogens is 2. The van der Waals surface area contributed by atoms with Gasteiger partial charge in [0, 0.05) is 22.4 Å². The maximum Gasteiger partial charge on any atom is 0.451 e. The Kier molecular flexibility index (Phi) is 4.34. The molecule has 25 heavy (non-hydrogen) atoms. The number of aryl methyl sites for hydroxylation is 1. The molecule has 0 aliphatic carbocycles. The van der Waals surface area contributed by atoms with E-state index < -0.39 is 16.9 Å². The Bertz CT molecular complexity index is 959. The molecule has 0 fully saturated rings. The highest BCUT2D eigenvalue weighted by Crippen LogP contribution is 2.36. The van der Waals surface area contributed by atoms with Crippen molar-refractivity contribution < 1.29 is 18.1 Å². The maximum absolute atomic E-state index is 13.0. The maximum atomic E-state index is 13.0. The standard InChI is InChI=1S/C16H10F3N3O2S/c1-9-2-7-13-12(8-9)14(21-15(20-13)16(17,18)19)25-11-5-3-10(4-6-11)22(23)24/h2-8H,1H3. The van der Waals surface area contributed by atoms with E-state index >= 15 is 0 Å². The summed E-state index contributed by atoms with van der Waals surface area (Å²) in [5, 5.41) is 11.3. The van der Waals surface area contributed by atoms with E-state index in [1.807, 2.05) is 6.92 Å². The molecule has 0 amide bonds. The number of rotatable bonds is 3. The van der Waals surface area contributed by atoms with Gasteiger partial charge in [-0.2, -0.15) is 13.2 Å². The second-order valence-electron chi connectivity index (χ2n) is 5.22.